The number of amides is 2. The first-order valence-corrected chi connectivity index (χ1v) is 11.4. The van der Waals surface area contributed by atoms with Crippen LogP contribution in [-0.2, 0) is 11.3 Å². The Hall–Kier alpha value is -3.50. The highest BCUT2D eigenvalue weighted by Crippen LogP contribution is 2.26. The standard InChI is InChI=1S/C23H25N5O4S/c1-15-10-18(11-16(2)20(15)32-13-17-4-3-5-24-12-17)21(29)26-27-22(30)19-14-33-23(25-19)28-6-8-31-9-7-28/h3-5,10-12,14H,6-9,13H2,1-2H3,(H,26,29)(H,27,30). The van der Waals surface area contributed by atoms with Crippen LogP contribution in [0.15, 0.2) is 42.0 Å². The van der Waals surface area contributed by atoms with Crippen molar-refractivity contribution >= 4 is 28.3 Å². The highest BCUT2D eigenvalue weighted by Gasteiger charge is 2.18. The zero-order chi connectivity index (χ0) is 23.2. The van der Waals surface area contributed by atoms with Gasteiger partial charge in [-0.3, -0.25) is 25.4 Å². The van der Waals surface area contributed by atoms with Crippen LogP contribution in [0.1, 0.15) is 37.5 Å². The van der Waals surface area contributed by atoms with Crippen LogP contribution in [-0.4, -0.2) is 48.1 Å². The number of benzene rings is 1. The molecule has 0 bridgehead atoms. The number of hydrogen-bond donors (Lipinski definition) is 2. The minimum atomic E-state index is -0.469. The van der Waals surface area contributed by atoms with Gasteiger partial charge < -0.3 is 14.4 Å². The van der Waals surface area contributed by atoms with Gasteiger partial charge in [0.15, 0.2) is 5.13 Å². The molecule has 4 rings (SSSR count). The summed E-state index contributed by atoms with van der Waals surface area (Å²) in [6.45, 7) is 6.91. The molecule has 1 aliphatic heterocycles. The first-order valence-electron chi connectivity index (χ1n) is 10.5. The second kappa shape index (κ2) is 10.4. The summed E-state index contributed by atoms with van der Waals surface area (Å²) in [5, 5.41) is 2.44. The summed E-state index contributed by atoms with van der Waals surface area (Å²) in [7, 11) is 0. The summed E-state index contributed by atoms with van der Waals surface area (Å²) in [6.07, 6.45) is 3.46. The molecule has 0 saturated carbocycles. The minimum absolute atomic E-state index is 0.258. The number of carbonyl (C=O) groups excluding carboxylic acids is 2. The van der Waals surface area contributed by atoms with Gasteiger partial charge in [-0.15, -0.1) is 11.3 Å². The van der Waals surface area contributed by atoms with Crippen molar-refractivity contribution in [3.63, 3.8) is 0 Å². The molecular weight excluding hydrogens is 442 g/mol. The third-order valence-corrected chi connectivity index (χ3v) is 6.03. The van der Waals surface area contributed by atoms with Crippen molar-refractivity contribution in [1.82, 2.24) is 20.8 Å². The molecule has 0 aliphatic carbocycles. The molecule has 0 radical (unpaired) electrons. The minimum Gasteiger partial charge on any atom is -0.488 e. The molecule has 0 unspecified atom stereocenters. The van der Waals surface area contributed by atoms with Crippen molar-refractivity contribution in [2.24, 2.45) is 0 Å². The maximum absolute atomic E-state index is 12.6. The van der Waals surface area contributed by atoms with Crippen molar-refractivity contribution in [2.45, 2.75) is 20.5 Å². The molecule has 2 N–H and O–H groups in total. The summed E-state index contributed by atoms with van der Waals surface area (Å²) in [5.74, 6) is -0.168. The van der Waals surface area contributed by atoms with Gasteiger partial charge in [0.1, 0.15) is 18.1 Å². The smallest absolute Gasteiger partial charge is 0.289 e. The lowest BCUT2D eigenvalue weighted by molar-refractivity contribution is 0.0844. The van der Waals surface area contributed by atoms with Crippen LogP contribution in [0.3, 0.4) is 0 Å². The van der Waals surface area contributed by atoms with Crippen LogP contribution < -0.4 is 20.5 Å². The van der Waals surface area contributed by atoms with E-state index in [0.29, 0.717) is 25.4 Å². The van der Waals surface area contributed by atoms with E-state index in [1.807, 2.05) is 26.0 Å². The second-order valence-corrected chi connectivity index (χ2v) is 8.45. The van der Waals surface area contributed by atoms with E-state index in [1.54, 1.807) is 29.9 Å². The number of hydrogen-bond acceptors (Lipinski definition) is 8. The van der Waals surface area contributed by atoms with Gasteiger partial charge in [-0.2, -0.15) is 0 Å². The number of aryl methyl sites for hydroxylation is 2. The average Bonchev–Trinajstić information content (AvgIpc) is 3.33. The lowest BCUT2D eigenvalue weighted by Crippen LogP contribution is -2.42. The maximum Gasteiger partial charge on any atom is 0.289 e. The predicted molar refractivity (Wildman–Crippen MR) is 125 cm³/mol. The topological polar surface area (TPSA) is 106 Å². The number of ether oxygens (including phenoxy) is 2. The lowest BCUT2D eigenvalue weighted by atomic mass is 10.1. The van der Waals surface area contributed by atoms with E-state index in [0.717, 1.165) is 40.7 Å². The molecule has 3 heterocycles. The molecule has 172 valence electrons. The molecule has 0 spiro atoms. The van der Waals surface area contributed by atoms with Gasteiger partial charge >= 0.3 is 0 Å². The Kier molecular flexibility index (Phi) is 7.16. The first-order chi connectivity index (χ1) is 16.0. The molecule has 10 heteroatoms. The number of rotatable bonds is 6. The Morgan fingerprint density at radius 1 is 1.15 bits per heavy atom. The number of hydrazine groups is 1. The summed E-state index contributed by atoms with van der Waals surface area (Å²) in [5.41, 5.74) is 8.19. The van der Waals surface area contributed by atoms with Gasteiger partial charge in [0.25, 0.3) is 11.8 Å². The molecule has 1 fully saturated rings. The molecule has 33 heavy (non-hydrogen) atoms. The molecule has 2 aromatic heterocycles. The van der Waals surface area contributed by atoms with E-state index in [2.05, 4.69) is 25.7 Å². The van der Waals surface area contributed by atoms with Crippen molar-refractivity contribution in [3.05, 3.63) is 70.0 Å². The Balaban J connectivity index is 1.34. The number of anilines is 1. The Bertz CT molecular complexity index is 1110. The zero-order valence-electron chi connectivity index (χ0n) is 18.5. The Morgan fingerprint density at radius 2 is 1.88 bits per heavy atom. The lowest BCUT2D eigenvalue weighted by Gasteiger charge is -2.25. The van der Waals surface area contributed by atoms with E-state index < -0.39 is 11.8 Å². The maximum atomic E-state index is 12.6. The fraction of sp³-hybridized carbons (Fsp3) is 0.304. The summed E-state index contributed by atoms with van der Waals surface area (Å²) in [6, 6.07) is 7.25. The van der Waals surface area contributed by atoms with Gasteiger partial charge in [-0.05, 0) is 43.2 Å². The van der Waals surface area contributed by atoms with Crippen molar-refractivity contribution < 1.29 is 19.1 Å². The van der Waals surface area contributed by atoms with Crippen LogP contribution >= 0.6 is 11.3 Å². The number of pyridine rings is 1. The zero-order valence-corrected chi connectivity index (χ0v) is 19.3. The van der Waals surface area contributed by atoms with Crippen molar-refractivity contribution in [1.29, 1.82) is 0 Å². The molecule has 3 aromatic rings. The van der Waals surface area contributed by atoms with Crippen molar-refractivity contribution in [3.8, 4) is 5.75 Å². The van der Waals surface area contributed by atoms with Crippen LogP contribution in [0.5, 0.6) is 5.75 Å². The van der Waals surface area contributed by atoms with Gasteiger partial charge in [0.05, 0.1) is 13.2 Å². The van der Waals surface area contributed by atoms with E-state index in [4.69, 9.17) is 9.47 Å². The molecular formula is C23H25N5O4S. The molecule has 2 amide bonds. The SMILES string of the molecule is Cc1cc(C(=O)NNC(=O)c2csc(N3CCOCC3)n2)cc(C)c1OCc1cccnc1. The van der Waals surface area contributed by atoms with Gasteiger partial charge in [-0.1, -0.05) is 6.07 Å². The monoisotopic (exact) mass is 467 g/mol. The van der Waals surface area contributed by atoms with E-state index in [9.17, 15) is 9.59 Å². The number of carbonyl (C=O) groups is 2. The normalized spacial score (nSPS) is 13.5. The van der Waals surface area contributed by atoms with Crippen LogP contribution in [0.25, 0.3) is 0 Å². The second-order valence-electron chi connectivity index (χ2n) is 7.61. The van der Waals surface area contributed by atoms with Crippen LogP contribution in [0, 0.1) is 13.8 Å². The summed E-state index contributed by atoms with van der Waals surface area (Å²) < 4.78 is 11.3. The van der Waals surface area contributed by atoms with E-state index >= 15 is 0 Å². The summed E-state index contributed by atoms with van der Waals surface area (Å²) >= 11 is 1.39. The Morgan fingerprint density at radius 3 is 2.58 bits per heavy atom. The molecule has 1 aliphatic rings. The average molecular weight is 468 g/mol. The molecule has 1 aromatic carbocycles. The van der Waals surface area contributed by atoms with Crippen LogP contribution in [0.2, 0.25) is 0 Å². The number of aromatic nitrogens is 2. The summed E-state index contributed by atoms with van der Waals surface area (Å²) in [4.78, 5) is 35.6. The van der Waals surface area contributed by atoms with Gasteiger partial charge in [0.2, 0.25) is 0 Å². The van der Waals surface area contributed by atoms with E-state index in [-0.39, 0.29) is 5.69 Å². The number of nitrogens with zero attached hydrogens (tertiary/aromatic N) is 3. The predicted octanol–water partition coefficient (Wildman–Crippen LogP) is 2.65. The first kappa shape index (κ1) is 22.7. The molecule has 0 atom stereocenters. The van der Waals surface area contributed by atoms with Crippen molar-refractivity contribution in [2.75, 3.05) is 31.2 Å². The fourth-order valence-electron chi connectivity index (χ4n) is 3.47. The van der Waals surface area contributed by atoms with Gasteiger partial charge in [-0.25, -0.2) is 4.98 Å². The number of morpholine rings is 1. The highest BCUT2D eigenvalue weighted by atomic mass is 32.1. The molecule has 1 saturated heterocycles. The van der Waals surface area contributed by atoms with Crippen LogP contribution in [0.4, 0.5) is 5.13 Å². The number of nitrogens with one attached hydrogen (secondary N) is 2. The third kappa shape index (κ3) is 5.65. The third-order valence-electron chi connectivity index (χ3n) is 5.12. The van der Waals surface area contributed by atoms with Gasteiger partial charge in [0, 0.05) is 42.0 Å². The largest absolute Gasteiger partial charge is 0.488 e. The fourth-order valence-corrected chi connectivity index (χ4v) is 4.33. The number of thiazole rings is 1. The highest BCUT2D eigenvalue weighted by molar-refractivity contribution is 7.13. The molecule has 9 nitrogen and oxygen atoms in total. The van der Waals surface area contributed by atoms with E-state index in [1.165, 1.54) is 11.3 Å². The Labute approximate surface area is 195 Å². The quantitative estimate of drug-likeness (QED) is 0.537.